The van der Waals surface area contributed by atoms with Crippen molar-refractivity contribution in [1.82, 2.24) is 4.98 Å². The van der Waals surface area contributed by atoms with E-state index in [2.05, 4.69) is 9.72 Å². The van der Waals surface area contributed by atoms with Crippen LogP contribution in [0.15, 0.2) is 12.3 Å². The van der Waals surface area contributed by atoms with E-state index < -0.39 is 11.2 Å². The van der Waals surface area contributed by atoms with Crippen LogP contribution >= 0.6 is 11.6 Å². The van der Waals surface area contributed by atoms with Crippen LogP contribution in [0.5, 0.6) is 5.75 Å². The third kappa shape index (κ3) is 2.49. The highest BCUT2D eigenvalue weighted by molar-refractivity contribution is 6.29. The molecule has 0 bridgehead atoms. The second-order valence-corrected chi connectivity index (χ2v) is 4.36. The molecule has 0 aromatic carbocycles. The van der Waals surface area contributed by atoms with E-state index in [0.717, 1.165) is 18.9 Å². The smallest absolute Gasteiger partial charge is 0.315 e. The van der Waals surface area contributed by atoms with E-state index in [1.807, 2.05) is 0 Å². The van der Waals surface area contributed by atoms with Gasteiger partial charge in [0, 0.05) is 6.07 Å². The summed E-state index contributed by atoms with van der Waals surface area (Å²) in [7, 11) is 1.34. The fourth-order valence-corrected chi connectivity index (χ4v) is 1.58. The van der Waals surface area contributed by atoms with Crippen LogP contribution in [0.1, 0.15) is 12.8 Å². The van der Waals surface area contributed by atoms with Gasteiger partial charge in [-0.2, -0.15) is 0 Å². The predicted octanol–water partition coefficient (Wildman–Crippen LogP) is 2.21. The van der Waals surface area contributed by atoms with Crippen LogP contribution in [0.3, 0.4) is 0 Å². The maximum absolute atomic E-state index is 13.1. The van der Waals surface area contributed by atoms with Gasteiger partial charge in [0.15, 0.2) is 11.0 Å². The van der Waals surface area contributed by atoms with Gasteiger partial charge >= 0.3 is 5.97 Å². The van der Waals surface area contributed by atoms with E-state index in [1.54, 1.807) is 0 Å². The number of carbonyl (C=O) groups is 1. The Morgan fingerprint density at radius 3 is 2.88 bits per heavy atom. The molecule has 17 heavy (non-hydrogen) atoms. The van der Waals surface area contributed by atoms with E-state index >= 15 is 0 Å². The molecular formula is C11H11ClFNO3. The first-order valence-corrected chi connectivity index (χ1v) is 5.47. The van der Waals surface area contributed by atoms with Crippen LogP contribution in [-0.2, 0) is 9.53 Å². The number of methoxy groups -OCH3 is 1. The van der Waals surface area contributed by atoms with Gasteiger partial charge < -0.3 is 9.47 Å². The molecule has 0 spiro atoms. The van der Waals surface area contributed by atoms with Crippen molar-refractivity contribution in [2.75, 3.05) is 13.7 Å². The molecular weight excluding hydrogens is 249 g/mol. The molecule has 1 fully saturated rings. The average molecular weight is 260 g/mol. The highest BCUT2D eigenvalue weighted by Crippen LogP contribution is 2.46. The van der Waals surface area contributed by atoms with E-state index in [1.165, 1.54) is 13.3 Å². The topological polar surface area (TPSA) is 48.4 Å². The molecule has 1 aliphatic rings. The molecule has 1 aliphatic carbocycles. The number of pyridine rings is 1. The maximum Gasteiger partial charge on any atom is 0.315 e. The number of nitrogens with zero attached hydrogens (tertiary/aromatic N) is 1. The summed E-state index contributed by atoms with van der Waals surface area (Å²) in [6, 6.07) is 1.14. The van der Waals surface area contributed by atoms with Crippen LogP contribution in [0.25, 0.3) is 0 Å². The molecule has 4 nitrogen and oxygen atoms in total. The monoisotopic (exact) mass is 259 g/mol. The fourth-order valence-electron chi connectivity index (χ4n) is 1.48. The van der Waals surface area contributed by atoms with Crippen molar-refractivity contribution in [3.05, 3.63) is 23.2 Å². The Labute approximate surface area is 103 Å². The molecule has 1 heterocycles. The number of rotatable bonds is 4. The standard InChI is InChI=1S/C11H11ClFNO3/c1-16-10(15)11(2-3-11)6-17-7-4-8(13)9(12)14-5-7/h4-5H,2-3,6H2,1H3. The number of hydrogen-bond acceptors (Lipinski definition) is 4. The zero-order valence-electron chi connectivity index (χ0n) is 9.20. The first-order valence-electron chi connectivity index (χ1n) is 5.10. The van der Waals surface area contributed by atoms with E-state index in [4.69, 9.17) is 16.3 Å². The lowest BCUT2D eigenvalue weighted by Gasteiger charge is -2.13. The highest BCUT2D eigenvalue weighted by atomic mass is 35.5. The van der Waals surface area contributed by atoms with Gasteiger partial charge in [0.05, 0.1) is 13.3 Å². The van der Waals surface area contributed by atoms with Crippen LogP contribution in [0.2, 0.25) is 5.15 Å². The van der Waals surface area contributed by atoms with Crippen LogP contribution in [0.4, 0.5) is 4.39 Å². The summed E-state index contributed by atoms with van der Waals surface area (Å²) in [6.07, 6.45) is 2.77. The summed E-state index contributed by atoms with van der Waals surface area (Å²) in [6.45, 7) is 0.169. The zero-order chi connectivity index (χ0) is 12.5. The molecule has 0 saturated heterocycles. The second kappa shape index (κ2) is 4.49. The average Bonchev–Trinajstić information content (AvgIpc) is 3.11. The molecule has 0 unspecified atom stereocenters. The van der Waals surface area contributed by atoms with E-state index in [0.29, 0.717) is 0 Å². The van der Waals surface area contributed by atoms with Crippen molar-refractivity contribution in [3.63, 3.8) is 0 Å². The van der Waals surface area contributed by atoms with E-state index in [9.17, 15) is 9.18 Å². The quantitative estimate of drug-likeness (QED) is 0.614. The lowest BCUT2D eigenvalue weighted by Crippen LogP contribution is -2.24. The van der Waals surface area contributed by atoms with Crippen molar-refractivity contribution < 1.29 is 18.7 Å². The SMILES string of the molecule is COC(=O)C1(COc2cnc(Cl)c(F)c2)CC1. The lowest BCUT2D eigenvalue weighted by atomic mass is 10.1. The Bertz CT molecular complexity index is 448. The number of ether oxygens (including phenoxy) is 2. The Balaban J connectivity index is 1.98. The van der Waals surface area contributed by atoms with Gasteiger partial charge in [-0.05, 0) is 12.8 Å². The number of halogens is 2. The highest BCUT2D eigenvalue weighted by Gasteiger charge is 2.52. The second-order valence-electron chi connectivity index (χ2n) is 4.00. The van der Waals surface area contributed by atoms with Crippen LogP contribution < -0.4 is 4.74 Å². The number of carbonyl (C=O) groups excluding carboxylic acids is 1. The number of aromatic nitrogens is 1. The minimum atomic E-state index is -0.646. The molecule has 0 N–H and O–H groups in total. The van der Waals surface area contributed by atoms with Crippen molar-refractivity contribution in [2.45, 2.75) is 12.8 Å². The van der Waals surface area contributed by atoms with Crippen molar-refractivity contribution in [3.8, 4) is 5.75 Å². The molecule has 0 radical (unpaired) electrons. The number of esters is 1. The molecule has 0 atom stereocenters. The number of hydrogen-bond donors (Lipinski definition) is 0. The Hall–Kier alpha value is -1.36. The molecule has 1 aromatic heterocycles. The molecule has 92 valence electrons. The Kier molecular flexibility index (Phi) is 3.19. The Morgan fingerprint density at radius 2 is 2.35 bits per heavy atom. The summed E-state index contributed by atoms with van der Waals surface area (Å²) in [5, 5.41) is -0.202. The third-order valence-electron chi connectivity index (χ3n) is 2.76. The first kappa shape index (κ1) is 12.1. The van der Waals surface area contributed by atoms with Crippen LogP contribution in [0, 0.1) is 11.2 Å². The summed E-state index contributed by atoms with van der Waals surface area (Å²) in [5.41, 5.74) is -0.565. The molecule has 0 aliphatic heterocycles. The van der Waals surface area contributed by atoms with Crippen molar-refractivity contribution >= 4 is 17.6 Å². The van der Waals surface area contributed by atoms with Gasteiger partial charge in [-0.3, -0.25) is 4.79 Å². The molecule has 2 rings (SSSR count). The van der Waals surface area contributed by atoms with Crippen LogP contribution in [-0.4, -0.2) is 24.7 Å². The largest absolute Gasteiger partial charge is 0.491 e. The van der Waals surface area contributed by atoms with Gasteiger partial charge in [-0.25, -0.2) is 9.37 Å². The van der Waals surface area contributed by atoms with Gasteiger partial charge in [0.1, 0.15) is 17.8 Å². The fraction of sp³-hybridized carbons (Fsp3) is 0.455. The normalized spacial score (nSPS) is 16.4. The molecule has 0 amide bonds. The summed E-state index contributed by atoms with van der Waals surface area (Å²) in [5.74, 6) is -0.686. The van der Waals surface area contributed by atoms with Gasteiger partial charge in [-0.15, -0.1) is 0 Å². The summed E-state index contributed by atoms with van der Waals surface area (Å²) >= 11 is 5.44. The molecule has 6 heteroatoms. The third-order valence-corrected chi connectivity index (χ3v) is 3.04. The van der Waals surface area contributed by atoms with Crippen molar-refractivity contribution in [1.29, 1.82) is 0 Å². The molecule has 1 aromatic rings. The zero-order valence-corrected chi connectivity index (χ0v) is 9.96. The minimum absolute atomic E-state index is 0.169. The van der Waals surface area contributed by atoms with Crippen molar-refractivity contribution in [2.24, 2.45) is 5.41 Å². The Morgan fingerprint density at radius 1 is 1.65 bits per heavy atom. The molecule has 1 saturated carbocycles. The lowest BCUT2D eigenvalue weighted by molar-refractivity contribution is -0.148. The van der Waals surface area contributed by atoms with Gasteiger partial charge in [-0.1, -0.05) is 11.6 Å². The maximum atomic E-state index is 13.1. The predicted molar refractivity (Wildman–Crippen MR) is 58.4 cm³/mol. The summed E-state index contributed by atoms with van der Waals surface area (Å²) < 4.78 is 23.1. The van der Waals surface area contributed by atoms with E-state index in [-0.39, 0.29) is 23.5 Å². The minimum Gasteiger partial charge on any atom is -0.491 e. The van der Waals surface area contributed by atoms with Gasteiger partial charge in [0.25, 0.3) is 0 Å². The first-order chi connectivity index (χ1) is 8.07. The van der Waals surface area contributed by atoms with Gasteiger partial charge in [0.2, 0.25) is 0 Å². The summed E-state index contributed by atoms with van der Waals surface area (Å²) in [4.78, 5) is 15.0.